The summed E-state index contributed by atoms with van der Waals surface area (Å²) in [5.74, 6) is -0.0865. The summed E-state index contributed by atoms with van der Waals surface area (Å²) in [5, 5.41) is 10.9. The smallest absolute Gasteiger partial charge is 0.336 e. The minimum Gasteiger partial charge on any atom is -0.497 e. The van der Waals surface area contributed by atoms with Crippen LogP contribution in [0.4, 0.5) is 0 Å². The Hall–Kier alpha value is -3.43. The average Bonchev–Trinajstić information content (AvgIpc) is 3.26. The number of hydrogen-bond donors (Lipinski definition) is 1. The van der Waals surface area contributed by atoms with E-state index in [2.05, 4.69) is 4.98 Å². The van der Waals surface area contributed by atoms with Crippen LogP contribution in [0.2, 0.25) is 0 Å². The zero-order chi connectivity index (χ0) is 23.2. The molecular formula is C24H22N2O6S. The largest absolute Gasteiger partial charge is 0.497 e. The van der Waals surface area contributed by atoms with Crippen LogP contribution in [0.1, 0.15) is 29.6 Å². The van der Waals surface area contributed by atoms with Gasteiger partial charge in [0.25, 0.3) is 0 Å². The maximum atomic E-state index is 13.1. The van der Waals surface area contributed by atoms with E-state index in [4.69, 9.17) is 9.15 Å². The summed E-state index contributed by atoms with van der Waals surface area (Å²) in [4.78, 5) is 16.7. The lowest BCUT2D eigenvalue weighted by atomic mass is 10.1. The number of carbonyl (C=O) groups is 1. The molecule has 0 atom stereocenters. The summed E-state index contributed by atoms with van der Waals surface area (Å²) < 4.78 is 38.8. The highest BCUT2D eigenvalue weighted by atomic mass is 32.2. The Morgan fingerprint density at radius 2 is 1.85 bits per heavy atom. The second-order valence-electron chi connectivity index (χ2n) is 8.02. The number of fused-ring (bicyclic) bond motifs is 2. The van der Waals surface area contributed by atoms with Crippen molar-refractivity contribution in [3.8, 4) is 17.2 Å². The van der Waals surface area contributed by atoms with Crippen LogP contribution in [-0.4, -0.2) is 49.0 Å². The molecule has 0 bridgehead atoms. The maximum absolute atomic E-state index is 13.1. The van der Waals surface area contributed by atoms with Crippen molar-refractivity contribution < 1.29 is 27.5 Å². The molecule has 0 aliphatic carbocycles. The van der Waals surface area contributed by atoms with Crippen molar-refractivity contribution >= 4 is 37.9 Å². The number of methoxy groups -OCH3 is 1. The van der Waals surface area contributed by atoms with Crippen LogP contribution in [0.5, 0.6) is 5.75 Å². The molecule has 1 fully saturated rings. The molecule has 0 saturated carbocycles. The number of nitrogens with zero attached hydrogens (tertiary/aromatic N) is 2. The van der Waals surface area contributed by atoms with Gasteiger partial charge in [0.1, 0.15) is 17.0 Å². The predicted molar refractivity (Wildman–Crippen MR) is 123 cm³/mol. The third-order valence-corrected chi connectivity index (χ3v) is 7.83. The number of sulfonamides is 1. The van der Waals surface area contributed by atoms with Crippen LogP contribution in [0, 0.1) is 0 Å². The van der Waals surface area contributed by atoms with Crippen molar-refractivity contribution in [3.63, 3.8) is 0 Å². The minimum absolute atomic E-state index is 0.0382. The van der Waals surface area contributed by atoms with Crippen LogP contribution in [0.25, 0.3) is 33.3 Å². The van der Waals surface area contributed by atoms with E-state index >= 15 is 0 Å². The van der Waals surface area contributed by atoms with E-state index in [0.29, 0.717) is 41.4 Å². The lowest BCUT2D eigenvalue weighted by molar-refractivity contribution is 0.0699. The summed E-state index contributed by atoms with van der Waals surface area (Å²) in [5.41, 5.74) is 1.30. The third kappa shape index (κ3) is 3.83. The Balaban J connectivity index is 1.62. The van der Waals surface area contributed by atoms with E-state index in [1.807, 2.05) is 6.07 Å². The van der Waals surface area contributed by atoms with Gasteiger partial charge in [0.2, 0.25) is 10.0 Å². The first-order valence-electron chi connectivity index (χ1n) is 10.6. The number of carboxylic acids is 1. The lowest BCUT2D eigenvalue weighted by Crippen LogP contribution is -2.35. The first-order chi connectivity index (χ1) is 15.9. The fraction of sp³-hybridized carbons (Fsp3) is 0.250. The molecule has 2 aromatic heterocycles. The van der Waals surface area contributed by atoms with Crippen molar-refractivity contribution in [1.29, 1.82) is 0 Å². The Bertz CT molecular complexity index is 1490. The first-order valence-corrected chi connectivity index (χ1v) is 12.1. The number of benzene rings is 2. The van der Waals surface area contributed by atoms with E-state index in [9.17, 15) is 18.3 Å². The monoisotopic (exact) mass is 466 g/mol. The third-order valence-electron chi connectivity index (χ3n) is 5.94. The van der Waals surface area contributed by atoms with E-state index < -0.39 is 16.0 Å². The van der Waals surface area contributed by atoms with Crippen LogP contribution in [0.15, 0.2) is 57.8 Å². The van der Waals surface area contributed by atoms with Gasteiger partial charge in [-0.1, -0.05) is 6.42 Å². The average molecular weight is 467 g/mol. The van der Waals surface area contributed by atoms with Crippen LogP contribution < -0.4 is 4.74 Å². The molecule has 0 spiro atoms. The molecule has 1 N–H and O–H groups in total. The molecule has 9 heteroatoms. The Morgan fingerprint density at radius 1 is 1.06 bits per heavy atom. The topological polar surface area (TPSA) is 110 Å². The molecule has 4 aromatic rings. The highest BCUT2D eigenvalue weighted by Gasteiger charge is 2.27. The Labute approximate surface area is 190 Å². The van der Waals surface area contributed by atoms with Crippen LogP contribution >= 0.6 is 0 Å². The van der Waals surface area contributed by atoms with E-state index in [1.165, 1.54) is 22.5 Å². The van der Waals surface area contributed by atoms with Gasteiger partial charge in [-0.2, -0.15) is 4.31 Å². The number of furan rings is 1. The number of carboxylic acid groups (broad SMARTS) is 1. The van der Waals surface area contributed by atoms with Gasteiger partial charge in [-0.3, -0.25) is 0 Å². The predicted octanol–water partition coefficient (Wildman–Crippen LogP) is 4.53. The zero-order valence-electron chi connectivity index (χ0n) is 17.9. The van der Waals surface area contributed by atoms with E-state index in [0.717, 1.165) is 24.6 Å². The second kappa shape index (κ2) is 8.17. The summed E-state index contributed by atoms with van der Waals surface area (Å²) >= 11 is 0. The van der Waals surface area contributed by atoms with Crippen molar-refractivity contribution in [2.24, 2.45) is 0 Å². The molecule has 3 heterocycles. The number of aromatic nitrogens is 1. The molecule has 2 aromatic carbocycles. The summed E-state index contributed by atoms with van der Waals surface area (Å²) in [6.07, 6.45) is 2.65. The molecule has 0 radical (unpaired) electrons. The normalized spacial score (nSPS) is 15.2. The molecule has 1 saturated heterocycles. The van der Waals surface area contributed by atoms with Crippen molar-refractivity contribution in [1.82, 2.24) is 9.29 Å². The molecular weight excluding hydrogens is 444 g/mol. The SMILES string of the molecule is COc1ccc2oc(-c3cc(C(=O)O)c4cc(S(=O)(=O)N5CCCCC5)ccc4n3)cc2c1. The molecule has 33 heavy (non-hydrogen) atoms. The highest BCUT2D eigenvalue weighted by Crippen LogP contribution is 2.33. The van der Waals surface area contributed by atoms with Crippen LogP contribution in [0.3, 0.4) is 0 Å². The molecule has 1 aliphatic heterocycles. The van der Waals surface area contributed by atoms with Gasteiger partial charge in [-0.15, -0.1) is 0 Å². The summed E-state index contributed by atoms with van der Waals surface area (Å²) in [6.45, 7) is 0.945. The second-order valence-corrected chi connectivity index (χ2v) is 9.96. The Morgan fingerprint density at radius 3 is 2.58 bits per heavy atom. The van der Waals surface area contributed by atoms with Gasteiger partial charge in [0.15, 0.2) is 5.76 Å². The van der Waals surface area contributed by atoms with Gasteiger partial charge < -0.3 is 14.3 Å². The van der Waals surface area contributed by atoms with Gasteiger partial charge in [0.05, 0.1) is 23.1 Å². The van der Waals surface area contributed by atoms with Crippen molar-refractivity contribution in [3.05, 3.63) is 54.1 Å². The molecule has 1 aliphatic rings. The standard InChI is InChI=1S/C24H22N2O6S/c1-31-16-5-8-22-15(11-16)12-23(32-22)21-14-19(24(27)28)18-13-17(6-7-20(18)25-21)33(29,30)26-9-3-2-4-10-26/h5-8,11-14H,2-4,9-10H2,1H3,(H,27,28). The van der Waals surface area contributed by atoms with Gasteiger partial charge in [0, 0.05) is 23.9 Å². The zero-order valence-corrected chi connectivity index (χ0v) is 18.8. The molecule has 0 unspecified atom stereocenters. The summed E-state index contributed by atoms with van der Waals surface area (Å²) in [7, 11) is -2.12. The molecule has 8 nitrogen and oxygen atoms in total. The number of rotatable bonds is 5. The lowest BCUT2D eigenvalue weighted by Gasteiger charge is -2.26. The number of ether oxygens (including phenoxy) is 1. The fourth-order valence-corrected chi connectivity index (χ4v) is 5.74. The van der Waals surface area contributed by atoms with Gasteiger partial charge in [-0.05, 0) is 61.4 Å². The highest BCUT2D eigenvalue weighted by molar-refractivity contribution is 7.89. The number of hydrogen-bond acceptors (Lipinski definition) is 6. The Kier molecular flexibility index (Phi) is 5.30. The quantitative estimate of drug-likeness (QED) is 0.460. The minimum atomic E-state index is -3.70. The molecule has 170 valence electrons. The van der Waals surface area contributed by atoms with Gasteiger partial charge in [-0.25, -0.2) is 18.2 Å². The van der Waals surface area contributed by atoms with Crippen LogP contribution in [-0.2, 0) is 10.0 Å². The number of piperidine rings is 1. The van der Waals surface area contributed by atoms with E-state index in [-0.39, 0.29) is 15.8 Å². The first kappa shape index (κ1) is 21.4. The number of pyridine rings is 1. The maximum Gasteiger partial charge on any atom is 0.336 e. The molecule has 5 rings (SSSR count). The van der Waals surface area contributed by atoms with Crippen molar-refractivity contribution in [2.75, 3.05) is 20.2 Å². The van der Waals surface area contributed by atoms with E-state index in [1.54, 1.807) is 31.4 Å². The molecule has 0 amide bonds. The van der Waals surface area contributed by atoms with Gasteiger partial charge >= 0.3 is 5.97 Å². The van der Waals surface area contributed by atoms with Crippen molar-refractivity contribution in [2.45, 2.75) is 24.2 Å². The number of aromatic carboxylic acids is 1. The summed E-state index contributed by atoms with van der Waals surface area (Å²) in [6, 6.07) is 13.0. The fourth-order valence-electron chi connectivity index (χ4n) is 4.20.